The molecule has 3 nitrogen and oxygen atoms in total. The average Bonchev–Trinajstić information content (AvgIpc) is 2.89. The van der Waals surface area contributed by atoms with Gasteiger partial charge in [0.05, 0.1) is 0 Å². The van der Waals surface area contributed by atoms with E-state index in [1.165, 1.54) is 0 Å². The van der Waals surface area contributed by atoms with Gasteiger partial charge in [0.1, 0.15) is 0 Å². The van der Waals surface area contributed by atoms with Gasteiger partial charge in [0, 0.05) is 12.0 Å². The zero-order valence-corrected chi connectivity index (χ0v) is 11.7. The molecule has 96 valence electrons. The van der Waals surface area contributed by atoms with Crippen molar-refractivity contribution in [3.05, 3.63) is 43.2 Å². The number of hydrogen-bond donors (Lipinski definition) is 0. The third-order valence-electron chi connectivity index (χ3n) is 1.53. The Balaban J connectivity index is 0. The Morgan fingerprint density at radius 2 is 1.76 bits per heavy atom. The topological polar surface area (TPSA) is 38.9 Å². The van der Waals surface area contributed by atoms with E-state index in [2.05, 4.69) is 23.4 Å². The van der Waals surface area contributed by atoms with Crippen molar-refractivity contribution >= 4 is 5.57 Å². The Hall–Kier alpha value is -1.64. The molecule has 1 rings (SSSR count). The highest BCUT2D eigenvalue weighted by molar-refractivity contribution is 5.68. The van der Waals surface area contributed by atoms with Gasteiger partial charge >= 0.3 is 0 Å². The summed E-state index contributed by atoms with van der Waals surface area (Å²) < 4.78 is 5.33. The van der Waals surface area contributed by atoms with Gasteiger partial charge in [-0.15, -0.1) is 10.2 Å². The van der Waals surface area contributed by atoms with Gasteiger partial charge in [-0.2, -0.15) is 0 Å². The van der Waals surface area contributed by atoms with Crippen LogP contribution in [-0.4, -0.2) is 10.2 Å². The second-order valence-corrected chi connectivity index (χ2v) is 2.42. The van der Waals surface area contributed by atoms with E-state index in [1.54, 1.807) is 18.2 Å². The molecule has 0 aliphatic heterocycles. The molecule has 0 atom stereocenters. The minimum Gasteiger partial charge on any atom is -0.421 e. The maximum atomic E-state index is 5.33. The minimum atomic E-state index is 0.492. The molecule has 0 bridgehead atoms. The van der Waals surface area contributed by atoms with Gasteiger partial charge < -0.3 is 4.42 Å². The molecule has 1 aromatic heterocycles. The molecule has 0 radical (unpaired) electrons. The summed E-state index contributed by atoms with van der Waals surface area (Å²) in [6.45, 7) is 17.2. The van der Waals surface area contributed by atoms with Crippen LogP contribution in [0.2, 0.25) is 0 Å². The second-order valence-electron chi connectivity index (χ2n) is 2.42. The summed E-state index contributed by atoms with van der Waals surface area (Å²) in [5.41, 5.74) is 0.794. The molecule has 0 N–H and O–H groups in total. The van der Waals surface area contributed by atoms with Gasteiger partial charge in [-0.1, -0.05) is 66.0 Å². The van der Waals surface area contributed by atoms with E-state index < -0.39 is 0 Å². The molecule has 0 aliphatic carbocycles. The van der Waals surface area contributed by atoms with Gasteiger partial charge in [-0.3, -0.25) is 0 Å². The molecule has 0 saturated carbocycles. The molecule has 17 heavy (non-hydrogen) atoms. The molecule has 1 aromatic rings. The minimum absolute atomic E-state index is 0.492. The maximum Gasteiger partial charge on any atom is 0.247 e. The Morgan fingerprint density at radius 3 is 2.12 bits per heavy atom. The van der Waals surface area contributed by atoms with Crippen molar-refractivity contribution in [2.45, 2.75) is 41.0 Å². The first-order valence-corrected chi connectivity index (χ1v) is 6.09. The average molecular weight is 236 g/mol. The normalized spacial score (nSPS) is 9.35. The summed E-state index contributed by atoms with van der Waals surface area (Å²) in [6.07, 6.45) is 5.84. The van der Waals surface area contributed by atoms with Crippen LogP contribution >= 0.6 is 0 Å². The van der Waals surface area contributed by atoms with Crippen LogP contribution < -0.4 is 0 Å². The molecule has 0 fully saturated rings. The number of nitrogens with zero attached hydrogens (tertiary/aromatic N) is 2. The fourth-order valence-electron chi connectivity index (χ4n) is 0.867. The van der Waals surface area contributed by atoms with Crippen molar-refractivity contribution in [2.75, 3.05) is 0 Å². The van der Waals surface area contributed by atoms with Gasteiger partial charge in [0.25, 0.3) is 0 Å². The van der Waals surface area contributed by atoms with E-state index in [4.69, 9.17) is 4.42 Å². The van der Waals surface area contributed by atoms with Crippen molar-refractivity contribution in [1.82, 2.24) is 10.2 Å². The Bertz CT molecular complexity index is 338. The predicted molar refractivity (Wildman–Crippen MR) is 74.7 cm³/mol. The standard InChI is InChI=1S/C10H12N2O.2C2H6/c1-4-7-8(5-2)10-12-11-9(6-3)13-10;2*1-2/h4-5,7H,1-2,6H2,3H3;2*1-2H3/b8-7+;;. The number of aryl methyl sites for hydroxylation is 1. The zero-order chi connectivity index (χ0) is 13.7. The third kappa shape index (κ3) is 6.51. The highest BCUT2D eigenvalue weighted by atomic mass is 16.4. The monoisotopic (exact) mass is 236 g/mol. The lowest BCUT2D eigenvalue weighted by Crippen LogP contribution is -1.79. The summed E-state index contributed by atoms with van der Waals surface area (Å²) in [5.74, 6) is 1.12. The summed E-state index contributed by atoms with van der Waals surface area (Å²) in [7, 11) is 0. The van der Waals surface area contributed by atoms with Crippen LogP contribution in [0.1, 0.15) is 46.4 Å². The van der Waals surface area contributed by atoms with Crippen LogP contribution in [-0.2, 0) is 6.42 Å². The summed E-state index contributed by atoms with van der Waals surface area (Å²) >= 11 is 0. The molecule has 0 aliphatic rings. The van der Waals surface area contributed by atoms with Crippen LogP contribution in [0.3, 0.4) is 0 Å². The number of rotatable bonds is 4. The maximum absolute atomic E-state index is 5.33. The van der Waals surface area contributed by atoms with Gasteiger partial charge in [-0.05, 0) is 0 Å². The quantitative estimate of drug-likeness (QED) is 0.725. The first-order valence-electron chi connectivity index (χ1n) is 6.09. The first-order chi connectivity index (χ1) is 8.31. The fourth-order valence-corrected chi connectivity index (χ4v) is 0.867. The molecule has 0 saturated heterocycles. The lowest BCUT2D eigenvalue weighted by molar-refractivity contribution is 0.489. The van der Waals surface area contributed by atoms with E-state index in [0.29, 0.717) is 11.8 Å². The summed E-state index contributed by atoms with van der Waals surface area (Å²) in [5, 5.41) is 7.72. The predicted octanol–water partition coefficient (Wildman–Crippen LogP) is 4.44. The van der Waals surface area contributed by atoms with Crippen molar-refractivity contribution in [3.8, 4) is 0 Å². The number of hydrogen-bond acceptors (Lipinski definition) is 3. The van der Waals surface area contributed by atoms with E-state index in [1.807, 2.05) is 34.6 Å². The lowest BCUT2D eigenvalue weighted by atomic mass is 10.2. The second kappa shape index (κ2) is 12.4. The molecular formula is C14H24N2O. The Labute approximate surface area is 105 Å². The van der Waals surface area contributed by atoms with Gasteiger partial charge in [0.2, 0.25) is 11.8 Å². The van der Waals surface area contributed by atoms with Crippen LogP contribution in [0.5, 0.6) is 0 Å². The molecule has 0 spiro atoms. The highest BCUT2D eigenvalue weighted by Gasteiger charge is 2.05. The molecule has 0 unspecified atom stereocenters. The first kappa shape index (κ1) is 17.7. The van der Waals surface area contributed by atoms with Crippen LogP contribution in [0.15, 0.2) is 35.8 Å². The van der Waals surface area contributed by atoms with Crippen molar-refractivity contribution in [1.29, 1.82) is 0 Å². The molecule has 0 aromatic carbocycles. The van der Waals surface area contributed by atoms with E-state index in [0.717, 1.165) is 12.0 Å². The van der Waals surface area contributed by atoms with Crippen molar-refractivity contribution in [3.63, 3.8) is 0 Å². The zero-order valence-electron chi connectivity index (χ0n) is 11.7. The van der Waals surface area contributed by atoms with E-state index in [9.17, 15) is 0 Å². The summed E-state index contributed by atoms with van der Waals surface area (Å²) in [6, 6.07) is 0. The van der Waals surface area contributed by atoms with Gasteiger partial charge in [-0.25, -0.2) is 0 Å². The van der Waals surface area contributed by atoms with Crippen LogP contribution in [0.25, 0.3) is 5.57 Å². The molecule has 1 heterocycles. The fraction of sp³-hybridized carbons (Fsp3) is 0.429. The smallest absolute Gasteiger partial charge is 0.247 e. The highest BCUT2D eigenvalue weighted by Crippen LogP contribution is 2.13. The Morgan fingerprint density at radius 1 is 1.18 bits per heavy atom. The lowest BCUT2D eigenvalue weighted by Gasteiger charge is -1.90. The van der Waals surface area contributed by atoms with E-state index in [-0.39, 0.29) is 0 Å². The van der Waals surface area contributed by atoms with Crippen molar-refractivity contribution < 1.29 is 4.42 Å². The van der Waals surface area contributed by atoms with E-state index >= 15 is 0 Å². The molecule has 0 amide bonds. The number of allylic oxidation sites excluding steroid dienone is 4. The SMILES string of the molecule is C=C/C=C(\C=C)c1nnc(CC)o1.CC.CC. The largest absolute Gasteiger partial charge is 0.421 e. The Kier molecular flexibility index (Phi) is 13.0. The third-order valence-corrected chi connectivity index (χ3v) is 1.53. The van der Waals surface area contributed by atoms with Crippen molar-refractivity contribution in [2.24, 2.45) is 0 Å². The summed E-state index contributed by atoms with van der Waals surface area (Å²) in [4.78, 5) is 0. The molecular weight excluding hydrogens is 212 g/mol. The van der Waals surface area contributed by atoms with Gasteiger partial charge in [0.15, 0.2) is 0 Å². The number of aromatic nitrogens is 2. The van der Waals surface area contributed by atoms with Crippen LogP contribution in [0.4, 0.5) is 0 Å². The van der Waals surface area contributed by atoms with Crippen LogP contribution in [0, 0.1) is 0 Å². The molecule has 3 heteroatoms.